The first-order valence-corrected chi connectivity index (χ1v) is 7.48. The van der Waals surface area contributed by atoms with E-state index in [0.717, 1.165) is 17.8 Å². The number of nitrogens with one attached hydrogen (secondary N) is 1. The number of para-hydroxylation sites is 1. The number of hydrogen-bond donors (Lipinski definition) is 1. The van der Waals surface area contributed by atoms with E-state index in [2.05, 4.69) is 20.4 Å². The Morgan fingerprint density at radius 1 is 1.08 bits per heavy atom. The van der Waals surface area contributed by atoms with Crippen LogP contribution in [0.25, 0.3) is 5.69 Å². The zero-order valence-corrected chi connectivity index (χ0v) is 13.5. The molecule has 0 saturated heterocycles. The highest BCUT2D eigenvalue weighted by Gasteiger charge is 2.31. The molecule has 0 atom stereocenters. The fourth-order valence-electron chi connectivity index (χ4n) is 2.28. The van der Waals surface area contributed by atoms with Gasteiger partial charge in [-0.15, -0.1) is 18.3 Å². The average molecular weight is 362 g/mol. The number of rotatable bonds is 4. The summed E-state index contributed by atoms with van der Waals surface area (Å²) in [6.45, 7) is 1.70. The van der Waals surface area contributed by atoms with Crippen LogP contribution in [0.2, 0.25) is 0 Å². The van der Waals surface area contributed by atoms with Gasteiger partial charge in [0.2, 0.25) is 0 Å². The van der Waals surface area contributed by atoms with Gasteiger partial charge in [0.1, 0.15) is 5.75 Å². The maximum absolute atomic E-state index is 12.4. The quantitative estimate of drug-likeness (QED) is 0.768. The lowest BCUT2D eigenvalue weighted by Crippen LogP contribution is -2.17. The molecule has 1 amide bonds. The molecule has 1 N–H and O–H groups in total. The van der Waals surface area contributed by atoms with Gasteiger partial charge in [-0.1, -0.05) is 23.4 Å². The molecule has 0 radical (unpaired) electrons. The highest BCUT2D eigenvalue weighted by Crippen LogP contribution is 2.24. The number of amides is 1. The summed E-state index contributed by atoms with van der Waals surface area (Å²) >= 11 is 0. The van der Waals surface area contributed by atoms with Crippen LogP contribution in [-0.2, 0) is 0 Å². The molecule has 0 aliphatic carbocycles. The molecule has 3 aromatic rings. The number of anilines is 1. The van der Waals surface area contributed by atoms with E-state index < -0.39 is 12.3 Å². The van der Waals surface area contributed by atoms with E-state index in [4.69, 9.17) is 0 Å². The Morgan fingerprint density at radius 2 is 1.73 bits per heavy atom. The predicted molar refractivity (Wildman–Crippen MR) is 87.2 cm³/mol. The third-order valence-electron chi connectivity index (χ3n) is 3.46. The molecule has 9 heteroatoms. The number of hydrogen-bond acceptors (Lipinski definition) is 4. The van der Waals surface area contributed by atoms with Crippen LogP contribution in [0.15, 0.2) is 54.6 Å². The molecule has 3 rings (SSSR count). The number of carbonyl (C=O) groups is 1. The second-order valence-electron chi connectivity index (χ2n) is 5.30. The van der Waals surface area contributed by atoms with Gasteiger partial charge < -0.3 is 10.1 Å². The van der Waals surface area contributed by atoms with Crippen molar-refractivity contribution in [1.82, 2.24) is 15.0 Å². The Hall–Kier alpha value is -3.36. The molecule has 2 aromatic carbocycles. The van der Waals surface area contributed by atoms with Crippen LogP contribution < -0.4 is 10.1 Å². The van der Waals surface area contributed by atoms with Crippen molar-refractivity contribution in [3.8, 4) is 11.4 Å². The van der Waals surface area contributed by atoms with Crippen LogP contribution in [0.5, 0.6) is 5.75 Å². The van der Waals surface area contributed by atoms with Crippen molar-refractivity contribution in [3.63, 3.8) is 0 Å². The lowest BCUT2D eigenvalue weighted by atomic mass is 10.2. The standard InChI is InChI=1S/C17H13F3N4O2/c1-11-15(22-23-24(11)13-5-3-2-4-6-13)16(25)21-12-7-9-14(10-8-12)26-17(18,19)20/h2-10H,1H3,(H,21,25). The van der Waals surface area contributed by atoms with E-state index in [1.54, 1.807) is 6.92 Å². The van der Waals surface area contributed by atoms with Gasteiger partial charge in [0.05, 0.1) is 11.4 Å². The molecule has 0 spiro atoms. The molecule has 0 unspecified atom stereocenters. The van der Waals surface area contributed by atoms with E-state index in [1.165, 1.54) is 16.8 Å². The summed E-state index contributed by atoms with van der Waals surface area (Å²) in [5.74, 6) is -0.893. The monoisotopic (exact) mass is 362 g/mol. The molecule has 0 aliphatic rings. The molecule has 1 aromatic heterocycles. The first kappa shape index (κ1) is 17.5. The topological polar surface area (TPSA) is 69.0 Å². The van der Waals surface area contributed by atoms with Gasteiger partial charge in [-0.25, -0.2) is 4.68 Å². The minimum absolute atomic E-state index is 0.115. The van der Waals surface area contributed by atoms with Gasteiger partial charge in [-0.05, 0) is 43.3 Å². The Morgan fingerprint density at radius 3 is 2.35 bits per heavy atom. The van der Waals surface area contributed by atoms with Crippen molar-refractivity contribution >= 4 is 11.6 Å². The third-order valence-corrected chi connectivity index (χ3v) is 3.46. The van der Waals surface area contributed by atoms with Gasteiger partial charge in [0.15, 0.2) is 5.69 Å². The maximum atomic E-state index is 12.4. The molecular weight excluding hydrogens is 349 g/mol. The van der Waals surface area contributed by atoms with Crippen molar-refractivity contribution in [2.75, 3.05) is 5.32 Å². The number of benzene rings is 2. The molecule has 0 bridgehead atoms. The number of carbonyl (C=O) groups excluding carboxylic acids is 1. The largest absolute Gasteiger partial charge is 0.573 e. The maximum Gasteiger partial charge on any atom is 0.573 e. The van der Waals surface area contributed by atoms with Crippen molar-refractivity contribution in [1.29, 1.82) is 0 Å². The van der Waals surface area contributed by atoms with Crippen LogP contribution in [-0.4, -0.2) is 27.3 Å². The highest BCUT2D eigenvalue weighted by atomic mass is 19.4. The first-order chi connectivity index (χ1) is 12.3. The summed E-state index contributed by atoms with van der Waals surface area (Å²) in [5.41, 5.74) is 1.71. The number of aromatic nitrogens is 3. The molecular formula is C17H13F3N4O2. The molecule has 0 fully saturated rings. The summed E-state index contributed by atoms with van der Waals surface area (Å²) < 4.78 is 41.8. The number of alkyl halides is 3. The lowest BCUT2D eigenvalue weighted by Gasteiger charge is -2.09. The third kappa shape index (κ3) is 4.00. The number of nitrogens with zero attached hydrogens (tertiary/aromatic N) is 3. The Balaban J connectivity index is 1.74. The van der Waals surface area contributed by atoms with Crippen molar-refractivity contribution < 1.29 is 22.7 Å². The van der Waals surface area contributed by atoms with Crippen LogP contribution in [0.4, 0.5) is 18.9 Å². The fraction of sp³-hybridized carbons (Fsp3) is 0.118. The van der Waals surface area contributed by atoms with E-state index in [0.29, 0.717) is 11.4 Å². The van der Waals surface area contributed by atoms with Gasteiger partial charge in [-0.3, -0.25) is 4.79 Å². The fourth-order valence-corrected chi connectivity index (χ4v) is 2.28. The minimum Gasteiger partial charge on any atom is -0.406 e. The smallest absolute Gasteiger partial charge is 0.406 e. The van der Waals surface area contributed by atoms with E-state index in [-0.39, 0.29) is 11.4 Å². The highest BCUT2D eigenvalue weighted by molar-refractivity contribution is 6.03. The van der Waals surface area contributed by atoms with Crippen LogP contribution in [0.3, 0.4) is 0 Å². The molecule has 0 saturated carbocycles. The predicted octanol–water partition coefficient (Wildman–Crippen LogP) is 3.73. The zero-order chi connectivity index (χ0) is 18.7. The summed E-state index contributed by atoms with van der Waals surface area (Å²) in [6.07, 6.45) is -4.77. The van der Waals surface area contributed by atoms with Crippen molar-refractivity contribution in [3.05, 3.63) is 66.0 Å². The van der Waals surface area contributed by atoms with Crippen LogP contribution in [0.1, 0.15) is 16.2 Å². The van der Waals surface area contributed by atoms with Crippen molar-refractivity contribution in [2.24, 2.45) is 0 Å². The molecule has 134 valence electrons. The summed E-state index contributed by atoms with van der Waals surface area (Å²) in [4.78, 5) is 12.4. The van der Waals surface area contributed by atoms with E-state index in [1.807, 2.05) is 30.3 Å². The summed E-state index contributed by atoms with van der Waals surface area (Å²) in [7, 11) is 0. The van der Waals surface area contributed by atoms with Gasteiger partial charge in [0.25, 0.3) is 5.91 Å². The molecule has 1 heterocycles. The van der Waals surface area contributed by atoms with Gasteiger partial charge >= 0.3 is 6.36 Å². The zero-order valence-electron chi connectivity index (χ0n) is 13.5. The molecule has 6 nitrogen and oxygen atoms in total. The van der Waals surface area contributed by atoms with Gasteiger partial charge in [-0.2, -0.15) is 0 Å². The molecule has 0 aliphatic heterocycles. The summed E-state index contributed by atoms with van der Waals surface area (Å²) in [5, 5.41) is 10.4. The normalized spacial score (nSPS) is 11.2. The Labute approximate surface area is 146 Å². The SMILES string of the molecule is Cc1c(C(=O)Nc2ccc(OC(F)(F)F)cc2)nnn1-c1ccccc1. The van der Waals surface area contributed by atoms with Gasteiger partial charge in [0, 0.05) is 5.69 Å². The Kier molecular flexibility index (Phi) is 4.61. The van der Waals surface area contributed by atoms with Crippen molar-refractivity contribution in [2.45, 2.75) is 13.3 Å². The van der Waals surface area contributed by atoms with Crippen LogP contribution >= 0.6 is 0 Å². The Bertz CT molecular complexity index is 906. The first-order valence-electron chi connectivity index (χ1n) is 7.48. The average Bonchev–Trinajstić information content (AvgIpc) is 2.98. The minimum atomic E-state index is -4.77. The van der Waals surface area contributed by atoms with Crippen LogP contribution in [0, 0.1) is 6.92 Å². The number of halogens is 3. The van der Waals surface area contributed by atoms with E-state index in [9.17, 15) is 18.0 Å². The second-order valence-corrected chi connectivity index (χ2v) is 5.30. The molecule has 26 heavy (non-hydrogen) atoms. The number of ether oxygens (including phenoxy) is 1. The summed E-state index contributed by atoms with van der Waals surface area (Å²) in [6, 6.07) is 14.0. The van der Waals surface area contributed by atoms with E-state index >= 15 is 0 Å². The lowest BCUT2D eigenvalue weighted by molar-refractivity contribution is -0.274. The second kappa shape index (κ2) is 6.87.